The number of fused-ring (bicyclic) bond motifs is 1. The number of aromatic nitrogens is 2. The van der Waals surface area contributed by atoms with Crippen LogP contribution in [-0.2, 0) is 6.42 Å². The van der Waals surface area contributed by atoms with Crippen molar-refractivity contribution in [3.05, 3.63) is 59.7 Å². The highest BCUT2D eigenvalue weighted by Gasteiger charge is 2.24. The van der Waals surface area contributed by atoms with E-state index in [0.29, 0.717) is 12.0 Å². The molecule has 0 unspecified atom stereocenters. The molecule has 1 saturated carbocycles. The van der Waals surface area contributed by atoms with E-state index in [2.05, 4.69) is 35.8 Å². The van der Waals surface area contributed by atoms with E-state index < -0.39 is 0 Å². The molecule has 0 aliphatic heterocycles. The lowest BCUT2D eigenvalue weighted by Gasteiger charge is -2.30. The quantitative estimate of drug-likeness (QED) is 0.409. The lowest BCUT2D eigenvalue weighted by atomic mass is 9.91. The summed E-state index contributed by atoms with van der Waals surface area (Å²) in [5, 5.41) is 7.83. The van der Waals surface area contributed by atoms with E-state index in [0.717, 1.165) is 54.4 Å². The number of rotatable bonds is 9. The van der Waals surface area contributed by atoms with Crippen molar-refractivity contribution < 1.29 is 4.79 Å². The Labute approximate surface area is 203 Å². The van der Waals surface area contributed by atoms with Gasteiger partial charge in [0.2, 0.25) is 5.95 Å². The smallest absolute Gasteiger partial charge is 0.251 e. The number of carbonyl (C=O) groups excluding carboxylic acids is 1. The number of unbranched alkanes of at least 4 members (excludes halogenated alkanes) is 2. The van der Waals surface area contributed by atoms with E-state index in [-0.39, 0.29) is 11.9 Å². The molecular weight excluding hydrogens is 422 g/mol. The maximum Gasteiger partial charge on any atom is 0.251 e. The Morgan fingerprint density at radius 1 is 0.941 bits per heavy atom. The fourth-order valence-electron chi connectivity index (χ4n) is 4.70. The van der Waals surface area contributed by atoms with Gasteiger partial charge in [-0.25, -0.2) is 4.98 Å². The van der Waals surface area contributed by atoms with E-state index >= 15 is 0 Å². The molecule has 1 aliphatic carbocycles. The van der Waals surface area contributed by atoms with Crippen LogP contribution in [0.3, 0.4) is 0 Å². The molecule has 0 atom stereocenters. The van der Waals surface area contributed by atoms with Crippen LogP contribution in [0.4, 0.5) is 11.8 Å². The standard InChI is InChI=1S/C28H37N5O/c1-4-5-6-9-20-12-14-21(15-13-20)27(34)29-22-16-18-23(19-17-22)30-28-31-25-11-8-7-10-24(25)26(32-28)33(2)3/h7-8,10-15,22-23H,4-6,9,16-19H2,1-3H3,(H,29,34)(H,30,31,32). The van der Waals surface area contributed by atoms with Crippen LogP contribution in [-0.4, -0.2) is 42.1 Å². The molecule has 1 fully saturated rings. The topological polar surface area (TPSA) is 70.2 Å². The van der Waals surface area contributed by atoms with Crippen molar-refractivity contribution in [3.8, 4) is 0 Å². The highest BCUT2D eigenvalue weighted by atomic mass is 16.1. The molecule has 34 heavy (non-hydrogen) atoms. The Balaban J connectivity index is 1.29. The van der Waals surface area contributed by atoms with Crippen LogP contribution in [0.1, 0.15) is 67.8 Å². The molecule has 0 spiro atoms. The number of anilines is 2. The van der Waals surface area contributed by atoms with Gasteiger partial charge in [0.05, 0.1) is 5.52 Å². The minimum atomic E-state index is 0.0324. The molecule has 6 heteroatoms. The maximum atomic E-state index is 12.7. The summed E-state index contributed by atoms with van der Waals surface area (Å²) in [4.78, 5) is 24.3. The fraction of sp³-hybridized carbons (Fsp3) is 0.464. The largest absolute Gasteiger partial charge is 0.362 e. The maximum absolute atomic E-state index is 12.7. The van der Waals surface area contributed by atoms with Gasteiger partial charge in [0.1, 0.15) is 5.82 Å². The summed E-state index contributed by atoms with van der Waals surface area (Å²) in [6.07, 6.45) is 8.64. The first-order valence-corrected chi connectivity index (χ1v) is 12.6. The minimum Gasteiger partial charge on any atom is -0.362 e. The summed E-state index contributed by atoms with van der Waals surface area (Å²) in [6, 6.07) is 16.7. The highest BCUT2D eigenvalue weighted by molar-refractivity contribution is 5.94. The van der Waals surface area contributed by atoms with Gasteiger partial charge < -0.3 is 15.5 Å². The summed E-state index contributed by atoms with van der Waals surface area (Å²) < 4.78 is 0. The lowest BCUT2D eigenvalue weighted by Crippen LogP contribution is -2.40. The molecule has 1 amide bonds. The van der Waals surface area contributed by atoms with Gasteiger partial charge in [-0.2, -0.15) is 4.98 Å². The number of hydrogen-bond acceptors (Lipinski definition) is 5. The molecule has 1 aliphatic rings. The fourth-order valence-corrected chi connectivity index (χ4v) is 4.70. The van der Waals surface area contributed by atoms with Crippen LogP contribution < -0.4 is 15.5 Å². The molecule has 2 N–H and O–H groups in total. The molecule has 0 saturated heterocycles. The van der Waals surface area contributed by atoms with E-state index in [9.17, 15) is 4.79 Å². The van der Waals surface area contributed by atoms with Crippen molar-refractivity contribution in [2.75, 3.05) is 24.3 Å². The van der Waals surface area contributed by atoms with Gasteiger partial charge in [-0.1, -0.05) is 44.0 Å². The van der Waals surface area contributed by atoms with E-state index in [4.69, 9.17) is 9.97 Å². The number of carbonyl (C=O) groups is 1. The van der Waals surface area contributed by atoms with Gasteiger partial charge in [-0.15, -0.1) is 0 Å². The van der Waals surface area contributed by atoms with Gasteiger partial charge in [0.15, 0.2) is 0 Å². The van der Waals surface area contributed by atoms with E-state index in [1.165, 1.54) is 24.8 Å². The van der Waals surface area contributed by atoms with Crippen LogP contribution in [0, 0.1) is 0 Å². The van der Waals surface area contributed by atoms with Crippen LogP contribution in [0.5, 0.6) is 0 Å². The van der Waals surface area contributed by atoms with Gasteiger partial charge in [0.25, 0.3) is 5.91 Å². The number of benzene rings is 2. The second-order valence-corrected chi connectivity index (χ2v) is 9.60. The minimum absolute atomic E-state index is 0.0324. The molecule has 0 bridgehead atoms. The Hall–Kier alpha value is -3.15. The molecule has 2 aromatic carbocycles. The molecular formula is C28H37N5O. The van der Waals surface area contributed by atoms with Crippen LogP contribution >= 0.6 is 0 Å². The Bertz CT molecular complexity index is 1090. The summed E-state index contributed by atoms with van der Waals surface area (Å²) in [6.45, 7) is 2.22. The molecule has 180 valence electrons. The predicted octanol–water partition coefficient (Wildman–Crippen LogP) is 5.58. The van der Waals surface area contributed by atoms with Gasteiger partial charge in [-0.05, 0) is 68.4 Å². The Morgan fingerprint density at radius 3 is 2.35 bits per heavy atom. The van der Waals surface area contributed by atoms with Gasteiger partial charge in [0, 0.05) is 37.1 Å². The molecule has 4 rings (SSSR count). The average Bonchev–Trinajstić information content (AvgIpc) is 2.85. The monoisotopic (exact) mass is 459 g/mol. The zero-order valence-electron chi connectivity index (χ0n) is 20.7. The lowest BCUT2D eigenvalue weighted by molar-refractivity contribution is 0.0926. The van der Waals surface area contributed by atoms with Crippen molar-refractivity contribution in [1.29, 1.82) is 0 Å². The SMILES string of the molecule is CCCCCc1ccc(C(=O)NC2CCC(Nc3nc(N(C)C)c4ccccc4n3)CC2)cc1. The first kappa shape index (κ1) is 24.0. The van der Waals surface area contributed by atoms with Crippen molar-refractivity contribution in [2.24, 2.45) is 0 Å². The van der Waals surface area contributed by atoms with Gasteiger partial charge >= 0.3 is 0 Å². The number of amides is 1. The van der Waals surface area contributed by atoms with Gasteiger partial charge in [-0.3, -0.25) is 4.79 Å². The number of para-hydroxylation sites is 1. The van der Waals surface area contributed by atoms with Crippen molar-refractivity contribution in [2.45, 2.75) is 70.4 Å². The number of aryl methyl sites for hydroxylation is 1. The first-order valence-electron chi connectivity index (χ1n) is 12.6. The first-order chi connectivity index (χ1) is 16.5. The van der Waals surface area contributed by atoms with E-state index in [1.54, 1.807) is 0 Å². The summed E-state index contributed by atoms with van der Waals surface area (Å²) in [7, 11) is 4.01. The van der Waals surface area contributed by atoms with Crippen molar-refractivity contribution in [3.63, 3.8) is 0 Å². The van der Waals surface area contributed by atoms with Crippen molar-refractivity contribution in [1.82, 2.24) is 15.3 Å². The molecule has 1 heterocycles. The van der Waals surface area contributed by atoms with Crippen LogP contribution in [0.2, 0.25) is 0 Å². The highest BCUT2D eigenvalue weighted by Crippen LogP contribution is 2.26. The molecule has 1 aromatic heterocycles. The zero-order chi connectivity index (χ0) is 23.9. The summed E-state index contributed by atoms with van der Waals surface area (Å²) in [5.41, 5.74) is 3.01. The number of nitrogens with one attached hydrogen (secondary N) is 2. The summed E-state index contributed by atoms with van der Waals surface area (Å²) >= 11 is 0. The Kier molecular flexibility index (Phi) is 7.99. The van der Waals surface area contributed by atoms with E-state index in [1.807, 2.05) is 49.3 Å². The normalized spacial score (nSPS) is 18.0. The second kappa shape index (κ2) is 11.3. The predicted molar refractivity (Wildman–Crippen MR) is 141 cm³/mol. The zero-order valence-corrected chi connectivity index (χ0v) is 20.7. The third kappa shape index (κ3) is 6.04. The number of nitrogens with zero attached hydrogens (tertiary/aromatic N) is 3. The Morgan fingerprint density at radius 2 is 1.65 bits per heavy atom. The van der Waals surface area contributed by atoms with Crippen LogP contribution in [0.25, 0.3) is 10.9 Å². The van der Waals surface area contributed by atoms with Crippen molar-refractivity contribution >= 4 is 28.6 Å². The molecule has 0 radical (unpaired) electrons. The molecule has 6 nitrogen and oxygen atoms in total. The third-order valence-corrected chi connectivity index (χ3v) is 6.69. The second-order valence-electron chi connectivity index (χ2n) is 9.60. The summed E-state index contributed by atoms with van der Waals surface area (Å²) in [5.74, 6) is 1.63. The number of hydrogen-bond donors (Lipinski definition) is 2. The molecule has 3 aromatic rings. The average molecular weight is 460 g/mol. The van der Waals surface area contributed by atoms with Crippen LogP contribution in [0.15, 0.2) is 48.5 Å². The third-order valence-electron chi connectivity index (χ3n) is 6.69.